The van der Waals surface area contributed by atoms with E-state index in [0.29, 0.717) is 29.1 Å². The monoisotopic (exact) mass is 383 g/mol. The summed E-state index contributed by atoms with van der Waals surface area (Å²) in [6, 6.07) is 3.74. The molecule has 1 atom stereocenters. The predicted octanol–water partition coefficient (Wildman–Crippen LogP) is 2.56. The number of thioether (sulfide) groups is 1. The number of nitrogens with one attached hydrogen (secondary N) is 1. The Morgan fingerprint density at radius 2 is 2.36 bits per heavy atom. The fourth-order valence-electron chi connectivity index (χ4n) is 3.07. The summed E-state index contributed by atoms with van der Waals surface area (Å²) in [4.78, 5) is 12.0. The predicted molar refractivity (Wildman–Crippen MR) is 93.1 cm³/mol. The Morgan fingerprint density at radius 1 is 1.44 bits per heavy atom. The number of halogens is 1. The van der Waals surface area contributed by atoms with Gasteiger partial charge in [-0.3, -0.25) is 4.57 Å². The van der Waals surface area contributed by atoms with Crippen molar-refractivity contribution in [3.8, 4) is 5.75 Å². The lowest BCUT2D eigenvalue weighted by Crippen LogP contribution is -2.25. The van der Waals surface area contributed by atoms with Crippen LogP contribution in [0, 0.1) is 0 Å². The maximum Gasteiger partial charge on any atom is 0.344 e. The molecule has 0 amide bonds. The van der Waals surface area contributed by atoms with Gasteiger partial charge < -0.3 is 14.2 Å². The van der Waals surface area contributed by atoms with Gasteiger partial charge in [-0.15, -0.1) is 5.10 Å². The highest BCUT2D eigenvalue weighted by molar-refractivity contribution is 7.98. The second-order valence-corrected chi connectivity index (χ2v) is 7.39. The van der Waals surface area contributed by atoms with E-state index in [9.17, 15) is 4.79 Å². The summed E-state index contributed by atoms with van der Waals surface area (Å²) in [6.45, 7) is 2.00. The first-order valence-corrected chi connectivity index (χ1v) is 9.48. The first-order chi connectivity index (χ1) is 12.2. The van der Waals surface area contributed by atoms with Gasteiger partial charge in [0.1, 0.15) is 5.75 Å². The molecule has 1 N–H and O–H groups in total. The van der Waals surface area contributed by atoms with Gasteiger partial charge in [0, 0.05) is 28.5 Å². The number of aromatic amines is 1. The first-order valence-electron chi connectivity index (χ1n) is 8.12. The third-order valence-corrected chi connectivity index (χ3v) is 5.49. The van der Waals surface area contributed by atoms with E-state index in [1.54, 1.807) is 4.57 Å². The number of rotatable bonds is 5. The molecule has 7 nitrogen and oxygen atoms in total. The van der Waals surface area contributed by atoms with Crippen molar-refractivity contribution in [1.29, 1.82) is 0 Å². The van der Waals surface area contributed by atoms with Crippen LogP contribution in [0.15, 0.2) is 22.1 Å². The molecule has 0 bridgehead atoms. The second-order valence-electron chi connectivity index (χ2n) is 6.01. The lowest BCUT2D eigenvalue weighted by atomic mass is 10.1. The largest absolute Gasteiger partial charge is 0.467 e. The zero-order chi connectivity index (χ0) is 17.2. The second kappa shape index (κ2) is 7.41. The molecule has 0 aliphatic carbocycles. The Hall–Kier alpha value is -1.48. The highest BCUT2D eigenvalue weighted by Crippen LogP contribution is 2.35. The molecule has 25 heavy (non-hydrogen) atoms. The molecular weight excluding hydrogens is 366 g/mol. The summed E-state index contributed by atoms with van der Waals surface area (Å²) in [5.41, 5.74) is 1.69. The Balaban J connectivity index is 1.52. The SMILES string of the molecule is O=c1[nH]nc(SCc2cc(Cl)cc3c2OCOC3)n1C[C@@H]1CCCO1. The van der Waals surface area contributed by atoms with Crippen molar-refractivity contribution in [3.63, 3.8) is 0 Å². The van der Waals surface area contributed by atoms with Gasteiger partial charge in [0.05, 0.1) is 19.3 Å². The van der Waals surface area contributed by atoms with Gasteiger partial charge in [-0.25, -0.2) is 9.89 Å². The minimum absolute atomic E-state index is 0.0778. The average molecular weight is 384 g/mol. The van der Waals surface area contributed by atoms with Crippen molar-refractivity contribution in [1.82, 2.24) is 14.8 Å². The highest BCUT2D eigenvalue weighted by Gasteiger charge is 2.21. The lowest BCUT2D eigenvalue weighted by Gasteiger charge is -2.21. The fraction of sp³-hybridized carbons (Fsp3) is 0.500. The van der Waals surface area contributed by atoms with E-state index in [1.807, 2.05) is 12.1 Å². The summed E-state index contributed by atoms with van der Waals surface area (Å²) in [5, 5.41) is 7.95. The minimum atomic E-state index is -0.212. The molecule has 0 spiro atoms. The van der Waals surface area contributed by atoms with Crippen LogP contribution < -0.4 is 10.4 Å². The van der Waals surface area contributed by atoms with E-state index >= 15 is 0 Å². The Bertz CT molecular complexity index is 816. The Morgan fingerprint density at radius 3 is 3.20 bits per heavy atom. The Labute approximate surface area is 153 Å². The molecule has 0 saturated carbocycles. The van der Waals surface area contributed by atoms with Gasteiger partial charge in [0.25, 0.3) is 0 Å². The molecule has 1 saturated heterocycles. The van der Waals surface area contributed by atoms with Crippen LogP contribution in [0.5, 0.6) is 5.75 Å². The molecule has 1 aromatic carbocycles. The third kappa shape index (κ3) is 3.72. The van der Waals surface area contributed by atoms with E-state index < -0.39 is 0 Å². The number of benzene rings is 1. The standard InChI is InChI=1S/C16H18ClN3O4S/c17-12-4-10-7-22-9-24-14(10)11(5-12)8-25-16-19-18-15(21)20(16)6-13-2-1-3-23-13/h4-5,13H,1-3,6-9H2,(H,18,21)/t13-/m0/s1. The van der Waals surface area contributed by atoms with Crippen LogP contribution >= 0.6 is 23.4 Å². The number of hydrogen-bond donors (Lipinski definition) is 1. The molecule has 2 aliphatic rings. The quantitative estimate of drug-likeness (QED) is 0.799. The van der Waals surface area contributed by atoms with E-state index in [0.717, 1.165) is 36.3 Å². The minimum Gasteiger partial charge on any atom is -0.467 e. The maximum absolute atomic E-state index is 12.0. The molecule has 9 heteroatoms. The third-order valence-electron chi connectivity index (χ3n) is 4.24. The van der Waals surface area contributed by atoms with Gasteiger partial charge >= 0.3 is 5.69 Å². The first kappa shape index (κ1) is 17.0. The van der Waals surface area contributed by atoms with Crippen LogP contribution in [0.3, 0.4) is 0 Å². The van der Waals surface area contributed by atoms with E-state index in [1.165, 1.54) is 11.8 Å². The molecule has 0 unspecified atom stereocenters. The lowest BCUT2D eigenvalue weighted by molar-refractivity contribution is -0.0168. The van der Waals surface area contributed by atoms with Gasteiger partial charge in [-0.1, -0.05) is 23.4 Å². The van der Waals surface area contributed by atoms with Crippen molar-refractivity contribution in [2.24, 2.45) is 0 Å². The van der Waals surface area contributed by atoms with Crippen molar-refractivity contribution in [2.75, 3.05) is 13.4 Å². The van der Waals surface area contributed by atoms with Crippen molar-refractivity contribution in [3.05, 3.63) is 38.8 Å². The number of aromatic nitrogens is 3. The van der Waals surface area contributed by atoms with Gasteiger partial charge in [0.15, 0.2) is 11.9 Å². The maximum atomic E-state index is 12.0. The Kier molecular flexibility index (Phi) is 5.03. The zero-order valence-electron chi connectivity index (χ0n) is 13.5. The summed E-state index contributed by atoms with van der Waals surface area (Å²) in [5.74, 6) is 1.41. The molecule has 2 aromatic rings. The number of nitrogens with zero attached hydrogens (tertiary/aromatic N) is 2. The van der Waals surface area contributed by atoms with Crippen LogP contribution in [0.1, 0.15) is 24.0 Å². The smallest absolute Gasteiger partial charge is 0.344 e. The van der Waals surface area contributed by atoms with Crippen molar-refractivity contribution < 1.29 is 14.2 Å². The summed E-state index contributed by atoms with van der Waals surface area (Å²) < 4.78 is 18.2. The molecular formula is C16H18ClN3O4S. The highest BCUT2D eigenvalue weighted by atomic mass is 35.5. The van der Waals surface area contributed by atoms with Crippen LogP contribution in [0.2, 0.25) is 5.02 Å². The van der Waals surface area contributed by atoms with Crippen LogP contribution in [0.25, 0.3) is 0 Å². The van der Waals surface area contributed by atoms with Gasteiger partial charge in [0.2, 0.25) is 0 Å². The zero-order valence-corrected chi connectivity index (χ0v) is 15.1. The van der Waals surface area contributed by atoms with Crippen LogP contribution in [0.4, 0.5) is 0 Å². The normalized spacial score (nSPS) is 19.6. The number of ether oxygens (including phenoxy) is 3. The van der Waals surface area contributed by atoms with E-state index in [-0.39, 0.29) is 18.6 Å². The summed E-state index contributed by atoms with van der Waals surface area (Å²) in [6.07, 6.45) is 2.08. The van der Waals surface area contributed by atoms with Crippen LogP contribution in [-0.4, -0.2) is 34.3 Å². The van der Waals surface area contributed by atoms with Crippen molar-refractivity contribution >= 4 is 23.4 Å². The number of H-pyrrole nitrogens is 1. The van der Waals surface area contributed by atoms with Gasteiger partial charge in [-0.2, -0.15) is 0 Å². The molecule has 1 fully saturated rings. The molecule has 4 rings (SSSR count). The molecule has 1 aromatic heterocycles. The summed E-state index contributed by atoms with van der Waals surface area (Å²) >= 11 is 7.67. The number of hydrogen-bond acceptors (Lipinski definition) is 6. The molecule has 2 aliphatic heterocycles. The van der Waals surface area contributed by atoms with E-state index in [4.69, 9.17) is 25.8 Å². The van der Waals surface area contributed by atoms with Gasteiger partial charge in [-0.05, 0) is 25.0 Å². The van der Waals surface area contributed by atoms with Crippen molar-refractivity contribution in [2.45, 2.75) is 43.0 Å². The van der Waals surface area contributed by atoms with Crippen LogP contribution in [-0.2, 0) is 28.4 Å². The summed E-state index contributed by atoms with van der Waals surface area (Å²) in [7, 11) is 0. The molecule has 3 heterocycles. The topological polar surface area (TPSA) is 78.4 Å². The fourth-order valence-corrected chi connectivity index (χ4v) is 4.26. The molecule has 134 valence electrons. The van der Waals surface area contributed by atoms with E-state index in [2.05, 4.69) is 10.2 Å². The average Bonchev–Trinajstić information content (AvgIpc) is 3.24. The molecule has 0 radical (unpaired) electrons. The number of fused-ring (bicyclic) bond motifs is 1.